The molecular formula is C23H33NO5. The molecule has 6 atom stereocenters. The SMILES string of the molecule is CC(=O)[C@@]1(O)CC[C@H]2[C@H]3CCC4=C/C(=N\OCC(=O)O)CC[C@]4(C)[C@H]3CC[C@@]21C. The molecule has 6 heteroatoms. The number of allylic oxidation sites excluding steroid dienone is 2. The molecule has 0 aromatic heterocycles. The fraction of sp³-hybridized carbons (Fsp3) is 0.783. The summed E-state index contributed by atoms with van der Waals surface area (Å²) in [7, 11) is 0. The molecule has 4 rings (SSSR count). The molecule has 0 bridgehead atoms. The van der Waals surface area contributed by atoms with Gasteiger partial charge in [-0.3, -0.25) is 4.79 Å². The highest BCUT2D eigenvalue weighted by Gasteiger charge is 2.65. The van der Waals surface area contributed by atoms with E-state index in [0.717, 1.165) is 50.7 Å². The van der Waals surface area contributed by atoms with Gasteiger partial charge < -0.3 is 15.1 Å². The van der Waals surface area contributed by atoms with Crippen LogP contribution in [0.3, 0.4) is 0 Å². The number of nitrogens with zero attached hydrogens (tertiary/aromatic N) is 1. The Morgan fingerprint density at radius 2 is 1.86 bits per heavy atom. The number of hydrogen-bond acceptors (Lipinski definition) is 5. The summed E-state index contributed by atoms with van der Waals surface area (Å²) in [6.07, 6.45) is 9.50. The van der Waals surface area contributed by atoms with Crippen LogP contribution in [0, 0.1) is 28.6 Å². The van der Waals surface area contributed by atoms with E-state index in [9.17, 15) is 14.7 Å². The third kappa shape index (κ3) is 2.97. The van der Waals surface area contributed by atoms with Gasteiger partial charge in [-0.1, -0.05) is 24.6 Å². The molecule has 2 N–H and O–H groups in total. The number of carboxylic acid groups (broad SMARTS) is 1. The second kappa shape index (κ2) is 6.93. The van der Waals surface area contributed by atoms with Crippen molar-refractivity contribution in [3.05, 3.63) is 11.6 Å². The molecule has 0 aromatic rings. The molecule has 0 saturated heterocycles. The number of aliphatic carboxylic acids is 1. The monoisotopic (exact) mass is 403 g/mol. The molecule has 0 aromatic carbocycles. The van der Waals surface area contributed by atoms with Crippen molar-refractivity contribution in [2.75, 3.05) is 6.61 Å². The Balaban J connectivity index is 1.57. The number of aliphatic hydroxyl groups is 1. The highest BCUT2D eigenvalue weighted by atomic mass is 16.6. The van der Waals surface area contributed by atoms with Crippen molar-refractivity contribution in [3.63, 3.8) is 0 Å². The van der Waals surface area contributed by atoms with E-state index in [4.69, 9.17) is 9.94 Å². The predicted molar refractivity (Wildman–Crippen MR) is 108 cm³/mol. The Labute approximate surface area is 172 Å². The van der Waals surface area contributed by atoms with Gasteiger partial charge in [-0.25, -0.2) is 4.79 Å². The van der Waals surface area contributed by atoms with E-state index >= 15 is 0 Å². The van der Waals surface area contributed by atoms with E-state index in [0.29, 0.717) is 24.2 Å². The van der Waals surface area contributed by atoms with E-state index in [1.165, 1.54) is 5.57 Å². The quantitative estimate of drug-likeness (QED) is 0.697. The lowest BCUT2D eigenvalue weighted by molar-refractivity contribution is -0.159. The van der Waals surface area contributed by atoms with Gasteiger partial charge in [-0.2, -0.15) is 0 Å². The molecule has 0 aliphatic heterocycles. The molecule has 0 amide bonds. The normalized spacial score (nSPS) is 45.0. The predicted octanol–water partition coefficient (Wildman–Crippen LogP) is 3.73. The van der Waals surface area contributed by atoms with Gasteiger partial charge in [0.1, 0.15) is 5.60 Å². The fourth-order valence-electron chi connectivity index (χ4n) is 7.41. The second-order valence-electron chi connectivity index (χ2n) is 10.2. The van der Waals surface area contributed by atoms with Gasteiger partial charge in [0.2, 0.25) is 6.61 Å². The molecule has 3 fully saturated rings. The van der Waals surface area contributed by atoms with Gasteiger partial charge in [0.05, 0.1) is 5.71 Å². The van der Waals surface area contributed by atoms with Gasteiger partial charge in [0.25, 0.3) is 0 Å². The Morgan fingerprint density at radius 3 is 2.55 bits per heavy atom. The number of oxime groups is 1. The molecular weight excluding hydrogens is 370 g/mol. The van der Waals surface area contributed by atoms with Crippen LogP contribution < -0.4 is 0 Å². The summed E-state index contributed by atoms with van der Waals surface area (Å²) in [6.45, 7) is 5.67. The summed E-state index contributed by atoms with van der Waals surface area (Å²) in [4.78, 5) is 27.9. The van der Waals surface area contributed by atoms with Crippen molar-refractivity contribution >= 4 is 17.5 Å². The lowest BCUT2D eigenvalue weighted by atomic mass is 9.46. The number of carbonyl (C=O) groups excluding carboxylic acids is 1. The van der Waals surface area contributed by atoms with Gasteiger partial charge in [-0.05, 0) is 87.5 Å². The minimum atomic E-state index is -1.16. The average molecular weight is 404 g/mol. The molecule has 0 spiro atoms. The average Bonchev–Trinajstić information content (AvgIpc) is 2.94. The molecule has 3 saturated carbocycles. The Hall–Kier alpha value is -1.69. The van der Waals surface area contributed by atoms with E-state index in [1.807, 2.05) is 0 Å². The standard InChI is InChI=1S/C23H33NO5/c1-14(25)23(28)11-8-19-17-5-4-15-12-16(24-29-13-20(26)27)6-9-21(15,2)18(17)7-10-22(19,23)3/h12,17-19,28H,4-11,13H2,1-3H3,(H,26,27)/b24-16-/t17-,18-,19-,21-,22-,23-/m0/s1. The first-order chi connectivity index (χ1) is 13.6. The maximum atomic E-state index is 12.3. The van der Waals surface area contributed by atoms with Crippen molar-refractivity contribution in [2.45, 2.75) is 77.7 Å². The van der Waals surface area contributed by atoms with Gasteiger partial charge in [-0.15, -0.1) is 0 Å². The van der Waals surface area contributed by atoms with Gasteiger partial charge in [0, 0.05) is 5.41 Å². The number of Topliss-reactive ketones (excluding diaryl/α,β-unsaturated/α-hetero) is 1. The Kier molecular flexibility index (Phi) is 4.92. The first-order valence-corrected chi connectivity index (χ1v) is 11.0. The van der Waals surface area contributed by atoms with Crippen molar-refractivity contribution in [2.24, 2.45) is 33.7 Å². The summed E-state index contributed by atoms with van der Waals surface area (Å²) < 4.78 is 0. The van der Waals surface area contributed by atoms with E-state index in [1.54, 1.807) is 6.92 Å². The topological polar surface area (TPSA) is 96.2 Å². The highest BCUT2D eigenvalue weighted by molar-refractivity contribution is 5.96. The van der Waals surface area contributed by atoms with Crippen LogP contribution in [0.4, 0.5) is 0 Å². The lowest BCUT2D eigenvalue weighted by Crippen LogP contribution is -2.57. The number of hydrogen-bond donors (Lipinski definition) is 2. The highest BCUT2D eigenvalue weighted by Crippen LogP contribution is 2.67. The summed E-state index contributed by atoms with van der Waals surface area (Å²) in [5.74, 6) is 0.434. The van der Waals surface area contributed by atoms with Crippen LogP contribution in [0.25, 0.3) is 0 Å². The fourth-order valence-corrected chi connectivity index (χ4v) is 7.41. The molecule has 160 valence electrons. The summed E-state index contributed by atoms with van der Waals surface area (Å²) in [5, 5.41) is 24.0. The van der Waals surface area contributed by atoms with Crippen LogP contribution in [-0.2, 0) is 14.4 Å². The van der Waals surface area contributed by atoms with Crippen LogP contribution in [-0.4, -0.2) is 39.9 Å². The molecule has 0 heterocycles. The molecule has 29 heavy (non-hydrogen) atoms. The van der Waals surface area contributed by atoms with E-state index < -0.39 is 18.2 Å². The number of rotatable bonds is 4. The van der Waals surface area contributed by atoms with Crippen LogP contribution in [0.15, 0.2) is 16.8 Å². The maximum absolute atomic E-state index is 12.3. The van der Waals surface area contributed by atoms with Crippen molar-refractivity contribution in [1.82, 2.24) is 0 Å². The number of carboxylic acids is 1. The second-order valence-corrected chi connectivity index (χ2v) is 10.2. The first kappa shape index (κ1) is 20.6. The molecule has 4 aliphatic carbocycles. The molecule has 4 aliphatic rings. The van der Waals surface area contributed by atoms with Crippen molar-refractivity contribution in [1.29, 1.82) is 0 Å². The first-order valence-electron chi connectivity index (χ1n) is 11.0. The molecule has 6 nitrogen and oxygen atoms in total. The zero-order chi connectivity index (χ0) is 21.0. The van der Waals surface area contributed by atoms with Crippen LogP contribution in [0.1, 0.15) is 72.1 Å². The molecule has 0 unspecified atom stereocenters. The maximum Gasteiger partial charge on any atom is 0.344 e. The minimum Gasteiger partial charge on any atom is -0.479 e. The molecule has 0 radical (unpaired) electrons. The minimum absolute atomic E-state index is 0.0663. The van der Waals surface area contributed by atoms with E-state index in [-0.39, 0.29) is 16.6 Å². The summed E-state index contributed by atoms with van der Waals surface area (Å²) >= 11 is 0. The Morgan fingerprint density at radius 1 is 1.14 bits per heavy atom. The van der Waals surface area contributed by atoms with Crippen LogP contribution >= 0.6 is 0 Å². The van der Waals surface area contributed by atoms with Crippen molar-refractivity contribution < 1.29 is 24.6 Å². The third-order valence-corrected chi connectivity index (χ3v) is 9.08. The summed E-state index contributed by atoms with van der Waals surface area (Å²) in [6, 6.07) is 0. The largest absolute Gasteiger partial charge is 0.479 e. The van der Waals surface area contributed by atoms with Gasteiger partial charge >= 0.3 is 5.97 Å². The number of carbonyl (C=O) groups is 2. The zero-order valence-corrected chi connectivity index (χ0v) is 17.7. The Bertz CT molecular complexity index is 788. The van der Waals surface area contributed by atoms with Crippen LogP contribution in [0.5, 0.6) is 0 Å². The van der Waals surface area contributed by atoms with Crippen LogP contribution in [0.2, 0.25) is 0 Å². The van der Waals surface area contributed by atoms with E-state index in [2.05, 4.69) is 25.1 Å². The van der Waals surface area contributed by atoms with Crippen molar-refractivity contribution in [3.8, 4) is 0 Å². The lowest BCUT2D eigenvalue weighted by Gasteiger charge is -2.59. The third-order valence-electron chi connectivity index (χ3n) is 9.08. The number of ketones is 1. The zero-order valence-electron chi connectivity index (χ0n) is 17.7. The smallest absolute Gasteiger partial charge is 0.344 e. The number of fused-ring (bicyclic) bond motifs is 5. The van der Waals surface area contributed by atoms with Gasteiger partial charge in [0.15, 0.2) is 5.78 Å². The summed E-state index contributed by atoms with van der Waals surface area (Å²) in [5.41, 5.74) is 0.903.